The lowest BCUT2D eigenvalue weighted by atomic mass is 9.94. The van der Waals surface area contributed by atoms with Gasteiger partial charge in [-0.2, -0.15) is 0 Å². The molecule has 108 valence electrons. The van der Waals surface area contributed by atoms with Crippen LogP contribution in [0.2, 0.25) is 0 Å². The number of hydrogen-bond donors (Lipinski definition) is 1. The molecule has 3 heteroatoms. The lowest BCUT2D eigenvalue weighted by Gasteiger charge is -2.32. The Balaban J connectivity index is 1.99. The van der Waals surface area contributed by atoms with Crippen molar-refractivity contribution in [3.05, 3.63) is 35.9 Å². The average molecular weight is 272 g/mol. The number of nitrogens with two attached hydrogens (primary N) is 1. The van der Waals surface area contributed by atoms with Crippen LogP contribution in [0.1, 0.15) is 44.6 Å². The fourth-order valence-electron chi connectivity index (χ4n) is 2.86. The van der Waals surface area contributed by atoms with Gasteiger partial charge in [0.05, 0.1) is 0 Å². The number of carbonyl (C=O) groups is 1. The van der Waals surface area contributed by atoms with E-state index in [1.165, 1.54) is 19.3 Å². The molecule has 1 aliphatic rings. The van der Waals surface area contributed by atoms with Crippen molar-refractivity contribution < 1.29 is 4.79 Å². The number of rotatable bonds is 4. The van der Waals surface area contributed by atoms with Crippen LogP contribution < -0.4 is 5.73 Å². The van der Waals surface area contributed by atoms with Gasteiger partial charge in [-0.25, -0.2) is 0 Å². The lowest BCUT2D eigenvalue weighted by molar-refractivity contribution is -0.128. The summed E-state index contributed by atoms with van der Waals surface area (Å²) in [4.78, 5) is 14.3. The standard InChI is InChI=1S/C17H24N2O/c1-2-19(16-6-4-3-5-7-16)17(20)13-10-14-8-11-15(18)12-9-14/h8-13,16H,2-7,18H2,1H3/b13-10+. The van der Waals surface area contributed by atoms with Crippen LogP contribution in [0, 0.1) is 0 Å². The summed E-state index contributed by atoms with van der Waals surface area (Å²) < 4.78 is 0. The number of nitrogen functional groups attached to an aromatic ring is 1. The summed E-state index contributed by atoms with van der Waals surface area (Å²) >= 11 is 0. The zero-order valence-electron chi connectivity index (χ0n) is 12.2. The Morgan fingerprint density at radius 3 is 2.50 bits per heavy atom. The van der Waals surface area contributed by atoms with Gasteiger partial charge in [-0.05, 0) is 43.5 Å². The summed E-state index contributed by atoms with van der Waals surface area (Å²) in [6, 6.07) is 7.98. The van der Waals surface area contributed by atoms with Gasteiger partial charge in [0.1, 0.15) is 0 Å². The first-order valence-electron chi connectivity index (χ1n) is 7.55. The minimum atomic E-state index is 0.122. The van der Waals surface area contributed by atoms with Crippen molar-refractivity contribution in [2.24, 2.45) is 0 Å². The van der Waals surface area contributed by atoms with E-state index in [2.05, 4.69) is 6.92 Å². The summed E-state index contributed by atoms with van der Waals surface area (Å²) in [5, 5.41) is 0. The fourth-order valence-corrected chi connectivity index (χ4v) is 2.86. The third kappa shape index (κ3) is 3.86. The highest BCUT2D eigenvalue weighted by molar-refractivity contribution is 5.92. The quantitative estimate of drug-likeness (QED) is 0.674. The summed E-state index contributed by atoms with van der Waals surface area (Å²) in [5.41, 5.74) is 7.40. The van der Waals surface area contributed by atoms with Crippen molar-refractivity contribution in [1.82, 2.24) is 4.90 Å². The molecule has 1 aromatic rings. The largest absolute Gasteiger partial charge is 0.399 e. The molecule has 3 nitrogen and oxygen atoms in total. The van der Waals surface area contributed by atoms with Crippen LogP contribution in [-0.4, -0.2) is 23.4 Å². The molecule has 20 heavy (non-hydrogen) atoms. The van der Waals surface area contributed by atoms with Crippen LogP contribution in [-0.2, 0) is 4.79 Å². The second-order valence-electron chi connectivity index (χ2n) is 5.42. The summed E-state index contributed by atoms with van der Waals surface area (Å²) in [7, 11) is 0. The summed E-state index contributed by atoms with van der Waals surface area (Å²) in [6.45, 7) is 2.85. The smallest absolute Gasteiger partial charge is 0.246 e. The Bertz CT molecular complexity index is 458. The van der Waals surface area contributed by atoms with E-state index in [4.69, 9.17) is 5.73 Å². The third-order valence-electron chi connectivity index (χ3n) is 3.99. The van der Waals surface area contributed by atoms with Gasteiger partial charge in [0.15, 0.2) is 0 Å². The van der Waals surface area contributed by atoms with Crippen LogP contribution in [0.5, 0.6) is 0 Å². The van der Waals surface area contributed by atoms with E-state index < -0.39 is 0 Å². The fraction of sp³-hybridized carbons (Fsp3) is 0.471. The molecule has 1 aliphatic carbocycles. The van der Waals surface area contributed by atoms with Gasteiger partial charge in [-0.15, -0.1) is 0 Å². The Morgan fingerprint density at radius 2 is 1.90 bits per heavy atom. The van der Waals surface area contributed by atoms with Gasteiger partial charge in [-0.3, -0.25) is 4.79 Å². The second kappa shape index (κ2) is 7.13. The van der Waals surface area contributed by atoms with E-state index >= 15 is 0 Å². The molecule has 1 amide bonds. The molecule has 0 aromatic heterocycles. The van der Waals surface area contributed by atoms with Crippen molar-refractivity contribution in [1.29, 1.82) is 0 Å². The van der Waals surface area contributed by atoms with Crippen LogP contribution in [0.3, 0.4) is 0 Å². The Labute approximate surface area is 121 Å². The van der Waals surface area contributed by atoms with E-state index in [1.54, 1.807) is 6.08 Å². The van der Waals surface area contributed by atoms with Crippen molar-refractivity contribution in [3.63, 3.8) is 0 Å². The van der Waals surface area contributed by atoms with Gasteiger partial charge in [0.2, 0.25) is 5.91 Å². The van der Waals surface area contributed by atoms with Gasteiger partial charge in [0, 0.05) is 24.4 Å². The van der Waals surface area contributed by atoms with E-state index in [9.17, 15) is 4.79 Å². The van der Waals surface area contributed by atoms with E-state index in [0.29, 0.717) is 6.04 Å². The lowest BCUT2D eigenvalue weighted by Crippen LogP contribution is -2.40. The Morgan fingerprint density at radius 1 is 1.25 bits per heavy atom. The number of likely N-dealkylation sites (N-methyl/N-ethyl adjacent to an activating group) is 1. The molecule has 0 atom stereocenters. The molecule has 2 rings (SSSR count). The van der Waals surface area contributed by atoms with Gasteiger partial charge in [-0.1, -0.05) is 31.4 Å². The molecular weight excluding hydrogens is 248 g/mol. The number of hydrogen-bond acceptors (Lipinski definition) is 2. The normalized spacial score (nSPS) is 16.4. The van der Waals surface area contributed by atoms with Crippen molar-refractivity contribution in [3.8, 4) is 0 Å². The maximum absolute atomic E-state index is 12.3. The predicted molar refractivity (Wildman–Crippen MR) is 84.1 cm³/mol. The van der Waals surface area contributed by atoms with Crippen LogP contribution in [0.25, 0.3) is 6.08 Å². The van der Waals surface area contributed by atoms with Gasteiger partial charge in [0.25, 0.3) is 0 Å². The number of nitrogens with zero attached hydrogens (tertiary/aromatic N) is 1. The summed E-state index contributed by atoms with van der Waals surface area (Å²) in [6.07, 6.45) is 9.65. The van der Waals surface area contributed by atoms with Gasteiger partial charge >= 0.3 is 0 Å². The van der Waals surface area contributed by atoms with E-state index in [0.717, 1.165) is 30.6 Å². The van der Waals surface area contributed by atoms with Crippen molar-refractivity contribution in [2.75, 3.05) is 12.3 Å². The highest BCUT2D eigenvalue weighted by atomic mass is 16.2. The molecular formula is C17H24N2O. The topological polar surface area (TPSA) is 46.3 Å². The average Bonchev–Trinajstić information content (AvgIpc) is 2.48. The first-order chi connectivity index (χ1) is 9.70. The van der Waals surface area contributed by atoms with Crippen LogP contribution in [0.4, 0.5) is 5.69 Å². The highest BCUT2D eigenvalue weighted by Gasteiger charge is 2.22. The van der Waals surface area contributed by atoms with Crippen molar-refractivity contribution in [2.45, 2.75) is 45.1 Å². The number of carbonyl (C=O) groups excluding carboxylic acids is 1. The number of amides is 1. The monoisotopic (exact) mass is 272 g/mol. The molecule has 1 saturated carbocycles. The minimum Gasteiger partial charge on any atom is -0.399 e. The molecule has 0 unspecified atom stereocenters. The van der Waals surface area contributed by atoms with E-state index in [1.807, 2.05) is 35.2 Å². The first kappa shape index (κ1) is 14.6. The zero-order valence-corrected chi connectivity index (χ0v) is 12.2. The Kier molecular flexibility index (Phi) is 5.22. The molecule has 0 bridgehead atoms. The third-order valence-corrected chi connectivity index (χ3v) is 3.99. The van der Waals surface area contributed by atoms with Crippen LogP contribution in [0.15, 0.2) is 30.3 Å². The molecule has 1 fully saturated rings. The molecule has 0 aliphatic heterocycles. The number of benzene rings is 1. The molecule has 0 saturated heterocycles. The maximum Gasteiger partial charge on any atom is 0.246 e. The molecule has 0 heterocycles. The molecule has 1 aromatic carbocycles. The SMILES string of the molecule is CCN(C(=O)/C=C/c1ccc(N)cc1)C1CCCCC1. The maximum atomic E-state index is 12.3. The first-order valence-corrected chi connectivity index (χ1v) is 7.55. The Hall–Kier alpha value is -1.77. The van der Waals surface area contributed by atoms with Gasteiger partial charge < -0.3 is 10.6 Å². The molecule has 2 N–H and O–H groups in total. The molecule has 0 spiro atoms. The predicted octanol–water partition coefficient (Wildman–Crippen LogP) is 3.46. The highest BCUT2D eigenvalue weighted by Crippen LogP contribution is 2.22. The molecule has 0 radical (unpaired) electrons. The minimum absolute atomic E-state index is 0.122. The van der Waals surface area contributed by atoms with Crippen LogP contribution >= 0.6 is 0 Å². The van der Waals surface area contributed by atoms with E-state index in [-0.39, 0.29) is 5.91 Å². The number of anilines is 1. The van der Waals surface area contributed by atoms with Crippen molar-refractivity contribution >= 4 is 17.7 Å². The zero-order chi connectivity index (χ0) is 14.4. The second-order valence-corrected chi connectivity index (χ2v) is 5.42. The summed E-state index contributed by atoms with van der Waals surface area (Å²) in [5.74, 6) is 0.122.